The van der Waals surface area contributed by atoms with Gasteiger partial charge in [-0.25, -0.2) is 13.1 Å². The van der Waals surface area contributed by atoms with Gasteiger partial charge in [-0.2, -0.15) is 5.10 Å². The monoisotopic (exact) mass is 315 g/mol. The van der Waals surface area contributed by atoms with Crippen LogP contribution in [0.2, 0.25) is 0 Å². The Morgan fingerprint density at radius 3 is 2.76 bits per heavy atom. The number of sulfonamides is 1. The highest BCUT2D eigenvalue weighted by Gasteiger charge is 2.20. The van der Waals surface area contributed by atoms with Gasteiger partial charge in [0.15, 0.2) is 0 Å². The first-order chi connectivity index (χ1) is 10.0. The third kappa shape index (κ3) is 4.79. The SMILES string of the molecule is CC1CCC(CCNS(=O)(=O)c2cnn(CCO)c2)CC1. The molecule has 21 heavy (non-hydrogen) atoms. The number of hydrogen-bond acceptors (Lipinski definition) is 4. The van der Waals surface area contributed by atoms with Gasteiger partial charge in [0, 0.05) is 12.7 Å². The molecule has 0 aromatic carbocycles. The molecule has 1 fully saturated rings. The van der Waals surface area contributed by atoms with Crippen LogP contribution < -0.4 is 4.72 Å². The maximum absolute atomic E-state index is 12.1. The zero-order valence-corrected chi connectivity index (χ0v) is 13.3. The summed E-state index contributed by atoms with van der Waals surface area (Å²) in [6.45, 7) is 3.00. The largest absolute Gasteiger partial charge is 0.394 e. The molecule has 1 saturated carbocycles. The van der Waals surface area contributed by atoms with Crippen LogP contribution in [-0.4, -0.2) is 36.5 Å². The van der Waals surface area contributed by atoms with Crippen molar-refractivity contribution in [3.8, 4) is 0 Å². The molecule has 1 aromatic rings. The Balaban J connectivity index is 1.80. The van der Waals surface area contributed by atoms with Crippen molar-refractivity contribution >= 4 is 10.0 Å². The molecule has 7 heteroatoms. The van der Waals surface area contributed by atoms with Crippen molar-refractivity contribution in [1.29, 1.82) is 0 Å². The minimum atomic E-state index is -3.48. The van der Waals surface area contributed by atoms with E-state index in [1.54, 1.807) is 0 Å². The van der Waals surface area contributed by atoms with Gasteiger partial charge in [-0.3, -0.25) is 4.68 Å². The number of aliphatic hydroxyl groups is 1. The van der Waals surface area contributed by atoms with Gasteiger partial charge < -0.3 is 5.11 Å². The quantitative estimate of drug-likeness (QED) is 0.796. The summed E-state index contributed by atoms with van der Waals surface area (Å²) in [5.41, 5.74) is 0. The third-order valence-corrected chi connectivity index (χ3v) is 5.64. The lowest BCUT2D eigenvalue weighted by molar-refractivity contribution is 0.269. The standard InChI is InChI=1S/C14H25N3O3S/c1-12-2-4-13(5-3-12)6-7-16-21(19,20)14-10-15-17(11-14)8-9-18/h10-13,16,18H,2-9H2,1H3. The molecule has 2 N–H and O–H groups in total. The summed E-state index contributed by atoms with van der Waals surface area (Å²) in [4.78, 5) is 0.160. The number of hydrogen-bond donors (Lipinski definition) is 2. The molecule has 1 aliphatic carbocycles. The van der Waals surface area contributed by atoms with Gasteiger partial charge in [-0.05, 0) is 18.3 Å². The van der Waals surface area contributed by atoms with Crippen LogP contribution in [0.5, 0.6) is 0 Å². The van der Waals surface area contributed by atoms with E-state index in [9.17, 15) is 8.42 Å². The van der Waals surface area contributed by atoms with E-state index in [0.717, 1.165) is 12.3 Å². The first kappa shape index (κ1) is 16.5. The number of nitrogens with one attached hydrogen (secondary N) is 1. The molecule has 1 aromatic heterocycles. The van der Waals surface area contributed by atoms with Crippen molar-refractivity contribution < 1.29 is 13.5 Å². The Morgan fingerprint density at radius 1 is 1.38 bits per heavy atom. The van der Waals surface area contributed by atoms with E-state index in [0.29, 0.717) is 19.0 Å². The minimum Gasteiger partial charge on any atom is -0.394 e. The van der Waals surface area contributed by atoms with Gasteiger partial charge in [0.25, 0.3) is 0 Å². The molecule has 0 bridgehead atoms. The van der Waals surface area contributed by atoms with Crippen LogP contribution in [0.25, 0.3) is 0 Å². The molecule has 0 spiro atoms. The lowest BCUT2D eigenvalue weighted by atomic mass is 9.81. The third-order valence-electron chi connectivity index (χ3n) is 4.23. The topological polar surface area (TPSA) is 84.2 Å². The van der Waals surface area contributed by atoms with Gasteiger partial charge in [-0.1, -0.05) is 32.6 Å². The van der Waals surface area contributed by atoms with Crippen molar-refractivity contribution in [1.82, 2.24) is 14.5 Å². The molecule has 0 saturated heterocycles. The number of rotatable bonds is 7. The number of aromatic nitrogens is 2. The average molecular weight is 315 g/mol. The smallest absolute Gasteiger partial charge is 0.243 e. The molecule has 0 atom stereocenters. The van der Waals surface area contributed by atoms with Crippen molar-refractivity contribution in [2.75, 3.05) is 13.2 Å². The fraction of sp³-hybridized carbons (Fsp3) is 0.786. The van der Waals surface area contributed by atoms with E-state index in [1.165, 1.54) is 42.8 Å². The van der Waals surface area contributed by atoms with Crippen LogP contribution in [0, 0.1) is 11.8 Å². The summed E-state index contributed by atoms with van der Waals surface area (Å²) in [7, 11) is -3.48. The van der Waals surface area contributed by atoms with Gasteiger partial charge in [0.2, 0.25) is 10.0 Å². The lowest BCUT2D eigenvalue weighted by Crippen LogP contribution is -2.27. The van der Waals surface area contributed by atoms with Crippen LogP contribution in [0.4, 0.5) is 0 Å². The first-order valence-electron chi connectivity index (χ1n) is 7.64. The molecule has 1 aliphatic rings. The van der Waals surface area contributed by atoms with E-state index < -0.39 is 10.0 Å². The molecule has 0 radical (unpaired) electrons. The van der Waals surface area contributed by atoms with Crippen LogP contribution in [0.1, 0.15) is 39.0 Å². The second kappa shape index (κ2) is 7.38. The molecule has 0 unspecified atom stereocenters. The molecule has 6 nitrogen and oxygen atoms in total. The van der Waals surface area contributed by atoms with Gasteiger partial charge in [0.05, 0.1) is 19.3 Å². The molecule has 0 aliphatic heterocycles. The summed E-state index contributed by atoms with van der Waals surface area (Å²) >= 11 is 0. The highest BCUT2D eigenvalue weighted by atomic mass is 32.2. The highest BCUT2D eigenvalue weighted by Crippen LogP contribution is 2.30. The molecule has 2 rings (SSSR count). The number of nitrogens with zero attached hydrogens (tertiary/aromatic N) is 2. The minimum absolute atomic E-state index is 0.0608. The van der Waals surface area contributed by atoms with Crippen LogP contribution in [0.15, 0.2) is 17.3 Å². The summed E-state index contributed by atoms with van der Waals surface area (Å²) < 4.78 is 28.3. The Morgan fingerprint density at radius 2 is 2.10 bits per heavy atom. The van der Waals surface area contributed by atoms with Gasteiger partial charge >= 0.3 is 0 Å². The number of aliphatic hydroxyl groups excluding tert-OH is 1. The van der Waals surface area contributed by atoms with Crippen molar-refractivity contribution in [3.63, 3.8) is 0 Å². The predicted molar refractivity (Wildman–Crippen MR) is 80.2 cm³/mol. The molecular weight excluding hydrogens is 290 g/mol. The van der Waals surface area contributed by atoms with Crippen molar-refractivity contribution in [2.45, 2.75) is 50.5 Å². The summed E-state index contributed by atoms with van der Waals surface area (Å²) in [6, 6.07) is 0. The zero-order chi connectivity index (χ0) is 15.3. The van der Waals surface area contributed by atoms with Crippen molar-refractivity contribution in [3.05, 3.63) is 12.4 Å². The fourth-order valence-electron chi connectivity index (χ4n) is 2.81. The lowest BCUT2D eigenvalue weighted by Gasteiger charge is -2.25. The molecular formula is C14H25N3O3S. The summed E-state index contributed by atoms with van der Waals surface area (Å²) in [5.74, 6) is 1.45. The summed E-state index contributed by atoms with van der Waals surface area (Å²) in [5, 5.41) is 12.7. The second-order valence-corrected chi connectivity index (χ2v) is 7.74. The normalized spacial score (nSPS) is 23.3. The average Bonchev–Trinajstić information content (AvgIpc) is 2.91. The van der Waals surface area contributed by atoms with Crippen LogP contribution in [-0.2, 0) is 16.6 Å². The molecule has 1 heterocycles. The van der Waals surface area contributed by atoms with E-state index in [4.69, 9.17) is 5.11 Å². The Labute approximate surface area is 126 Å². The van der Waals surface area contributed by atoms with Gasteiger partial charge in [-0.15, -0.1) is 0 Å². The second-order valence-electron chi connectivity index (χ2n) is 5.98. The molecule has 0 amide bonds. The van der Waals surface area contributed by atoms with E-state index in [1.807, 2.05) is 0 Å². The van der Waals surface area contributed by atoms with Crippen LogP contribution in [0.3, 0.4) is 0 Å². The Hall–Kier alpha value is -0.920. The fourth-order valence-corrected chi connectivity index (χ4v) is 3.81. The van der Waals surface area contributed by atoms with Crippen LogP contribution >= 0.6 is 0 Å². The highest BCUT2D eigenvalue weighted by molar-refractivity contribution is 7.89. The first-order valence-corrected chi connectivity index (χ1v) is 9.12. The predicted octanol–water partition coefficient (Wildman–Crippen LogP) is 1.37. The van der Waals surface area contributed by atoms with E-state index in [2.05, 4.69) is 16.7 Å². The zero-order valence-electron chi connectivity index (χ0n) is 12.5. The maximum atomic E-state index is 12.1. The van der Waals surface area contributed by atoms with Crippen molar-refractivity contribution in [2.24, 2.45) is 11.8 Å². The maximum Gasteiger partial charge on any atom is 0.243 e. The Kier molecular flexibility index (Phi) is 5.78. The van der Waals surface area contributed by atoms with E-state index in [-0.39, 0.29) is 11.5 Å². The summed E-state index contributed by atoms with van der Waals surface area (Å²) in [6.07, 6.45) is 8.59. The van der Waals surface area contributed by atoms with Gasteiger partial charge in [0.1, 0.15) is 4.90 Å². The van der Waals surface area contributed by atoms with E-state index >= 15 is 0 Å². The Bertz CT molecular complexity index is 533. The molecule has 120 valence electrons.